The first kappa shape index (κ1) is 15.3. The number of phenolic OH excluding ortho intramolecular Hbond substituents is 1. The molecule has 0 heterocycles. The van der Waals surface area contributed by atoms with Crippen LogP contribution in [0.3, 0.4) is 0 Å². The number of halogens is 1. The van der Waals surface area contributed by atoms with Gasteiger partial charge in [-0.3, -0.25) is 4.90 Å². The monoisotopic (exact) mass is 279 g/mol. The number of hydrogen-bond acceptors (Lipinski definition) is 2. The van der Waals surface area contributed by atoms with Crippen molar-refractivity contribution in [2.75, 3.05) is 7.05 Å². The van der Waals surface area contributed by atoms with Crippen LogP contribution in [0.2, 0.25) is 0 Å². The Bertz CT molecular complexity index is 441. The fourth-order valence-corrected chi connectivity index (χ4v) is 3.36. The van der Waals surface area contributed by atoms with Crippen LogP contribution < -0.4 is 0 Å². The van der Waals surface area contributed by atoms with Crippen molar-refractivity contribution in [3.63, 3.8) is 0 Å². The molecule has 1 aliphatic carbocycles. The van der Waals surface area contributed by atoms with Crippen molar-refractivity contribution < 1.29 is 9.50 Å². The molecule has 1 N–H and O–H groups in total. The highest BCUT2D eigenvalue weighted by molar-refractivity contribution is 5.35. The summed E-state index contributed by atoms with van der Waals surface area (Å²) in [6.07, 6.45) is 6.25. The minimum absolute atomic E-state index is 0.0360. The lowest BCUT2D eigenvalue weighted by atomic mass is 9.83. The van der Waals surface area contributed by atoms with Crippen molar-refractivity contribution in [3.05, 3.63) is 29.6 Å². The molecule has 0 radical (unpaired) electrons. The highest BCUT2D eigenvalue weighted by Gasteiger charge is 2.27. The van der Waals surface area contributed by atoms with E-state index in [0.29, 0.717) is 11.6 Å². The SMILES string of the molecule is CCC1CCC(N(C)C(C)c2cc(F)ccc2O)CC1. The van der Waals surface area contributed by atoms with E-state index in [4.69, 9.17) is 0 Å². The number of aromatic hydroxyl groups is 1. The Labute approximate surface area is 121 Å². The number of hydrogen-bond donors (Lipinski definition) is 1. The van der Waals surface area contributed by atoms with Crippen LogP contribution in [0, 0.1) is 11.7 Å². The van der Waals surface area contributed by atoms with E-state index in [-0.39, 0.29) is 17.6 Å². The lowest BCUT2D eigenvalue weighted by Crippen LogP contribution is -2.36. The third kappa shape index (κ3) is 3.32. The van der Waals surface area contributed by atoms with Gasteiger partial charge in [-0.15, -0.1) is 0 Å². The second-order valence-electron chi connectivity index (χ2n) is 6.13. The Kier molecular flexibility index (Phi) is 5.03. The summed E-state index contributed by atoms with van der Waals surface area (Å²) in [6.45, 7) is 4.31. The molecule has 1 aromatic rings. The molecule has 2 rings (SSSR count). The zero-order valence-electron chi connectivity index (χ0n) is 12.8. The van der Waals surface area contributed by atoms with Gasteiger partial charge in [-0.2, -0.15) is 0 Å². The average Bonchev–Trinajstić information content (AvgIpc) is 2.48. The predicted molar refractivity (Wildman–Crippen MR) is 80.3 cm³/mol. The lowest BCUT2D eigenvalue weighted by Gasteiger charge is -2.38. The van der Waals surface area contributed by atoms with Gasteiger partial charge in [-0.1, -0.05) is 13.3 Å². The van der Waals surface area contributed by atoms with Crippen molar-refractivity contribution in [1.82, 2.24) is 4.90 Å². The zero-order valence-corrected chi connectivity index (χ0v) is 12.8. The number of phenols is 1. The molecule has 1 saturated carbocycles. The van der Waals surface area contributed by atoms with Gasteiger partial charge >= 0.3 is 0 Å². The summed E-state index contributed by atoms with van der Waals surface area (Å²) < 4.78 is 13.4. The van der Waals surface area contributed by atoms with E-state index < -0.39 is 0 Å². The first-order valence-corrected chi connectivity index (χ1v) is 7.73. The standard InChI is InChI=1S/C17H26FNO/c1-4-13-5-8-15(9-6-13)19(3)12(2)16-11-14(18)7-10-17(16)20/h7,10-13,15,20H,4-6,8-9H2,1-3H3. The summed E-state index contributed by atoms with van der Waals surface area (Å²) in [6, 6.07) is 4.78. The van der Waals surface area contributed by atoms with Crippen LogP contribution in [-0.4, -0.2) is 23.1 Å². The van der Waals surface area contributed by atoms with Crippen LogP contribution in [0.25, 0.3) is 0 Å². The molecule has 1 unspecified atom stereocenters. The van der Waals surface area contributed by atoms with Crippen molar-refractivity contribution in [2.24, 2.45) is 5.92 Å². The van der Waals surface area contributed by atoms with E-state index >= 15 is 0 Å². The Morgan fingerprint density at radius 1 is 1.30 bits per heavy atom. The van der Waals surface area contributed by atoms with Crippen molar-refractivity contribution >= 4 is 0 Å². The van der Waals surface area contributed by atoms with Crippen molar-refractivity contribution in [1.29, 1.82) is 0 Å². The largest absolute Gasteiger partial charge is 0.508 e. The summed E-state index contributed by atoms with van der Waals surface area (Å²) in [5.41, 5.74) is 0.685. The van der Waals surface area contributed by atoms with Gasteiger partial charge < -0.3 is 5.11 Å². The first-order valence-electron chi connectivity index (χ1n) is 7.73. The van der Waals surface area contributed by atoms with Crippen LogP contribution in [0.5, 0.6) is 5.75 Å². The van der Waals surface area contributed by atoms with Gasteiger partial charge in [0.25, 0.3) is 0 Å². The van der Waals surface area contributed by atoms with Gasteiger partial charge in [-0.05, 0) is 63.8 Å². The van der Waals surface area contributed by atoms with Crippen molar-refractivity contribution in [2.45, 2.75) is 58.0 Å². The Balaban J connectivity index is 2.05. The molecule has 20 heavy (non-hydrogen) atoms. The molecule has 2 nitrogen and oxygen atoms in total. The van der Waals surface area contributed by atoms with E-state index in [1.54, 1.807) is 0 Å². The molecule has 0 bridgehead atoms. The minimum atomic E-state index is -0.284. The maximum absolute atomic E-state index is 13.4. The van der Waals surface area contributed by atoms with E-state index in [1.165, 1.54) is 50.3 Å². The maximum Gasteiger partial charge on any atom is 0.123 e. The normalized spacial score (nSPS) is 24.9. The van der Waals surface area contributed by atoms with Crippen LogP contribution in [0.4, 0.5) is 4.39 Å². The molecule has 0 spiro atoms. The maximum atomic E-state index is 13.4. The average molecular weight is 279 g/mol. The molecule has 3 heteroatoms. The van der Waals surface area contributed by atoms with Crippen LogP contribution in [-0.2, 0) is 0 Å². The van der Waals surface area contributed by atoms with E-state index in [1.807, 2.05) is 6.92 Å². The molecule has 1 atom stereocenters. The Hall–Kier alpha value is -1.09. The van der Waals surface area contributed by atoms with Gasteiger partial charge in [0.15, 0.2) is 0 Å². The summed E-state index contributed by atoms with van der Waals surface area (Å²) in [4.78, 5) is 2.29. The lowest BCUT2D eigenvalue weighted by molar-refractivity contribution is 0.125. The van der Waals surface area contributed by atoms with Gasteiger partial charge in [0, 0.05) is 17.6 Å². The number of rotatable bonds is 4. The highest BCUT2D eigenvalue weighted by Crippen LogP contribution is 2.35. The molecule has 0 aliphatic heterocycles. The Morgan fingerprint density at radius 3 is 2.55 bits per heavy atom. The third-order valence-corrected chi connectivity index (χ3v) is 5.02. The smallest absolute Gasteiger partial charge is 0.123 e. The minimum Gasteiger partial charge on any atom is -0.508 e. The molecule has 112 valence electrons. The molecule has 1 aliphatic rings. The summed E-state index contributed by atoms with van der Waals surface area (Å²) in [5, 5.41) is 9.94. The third-order valence-electron chi connectivity index (χ3n) is 5.02. The quantitative estimate of drug-likeness (QED) is 0.877. The number of nitrogens with zero attached hydrogens (tertiary/aromatic N) is 1. The molecule has 0 saturated heterocycles. The van der Waals surface area contributed by atoms with Gasteiger partial charge in [0.1, 0.15) is 11.6 Å². The second-order valence-corrected chi connectivity index (χ2v) is 6.13. The van der Waals surface area contributed by atoms with Crippen LogP contribution in [0.1, 0.15) is 57.6 Å². The predicted octanol–water partition coefficient (Wildman–Crippen LogP) is 4.49. The molecule has 0 amide bonds. The fourth-order valence-electron chi connectivity index (χ4n) is 3.36. The van der Waals surface area contributed by atoms with Gasteiger partial charge in [0.2, 0.25) is 0 Å². The van der Waals surface area contributed by atoms with E-state index in [0.717, 1.165) is 5.92 Å². The topological polar surface area (TPSA) is 23.5 Å². The Morgan fingerprint density at radius 2 is 1.95 bits per heavy atom. The second kappa shape index (κ2) is 6.57. The molecular weight excluding hydrogens is 253 g/mol. The summed E-state index contributed by atoms with van der Waals surface area (Å²) in [7, 11) is 2.09. The van der Waals surface area contributed by atoms with Crippen LogP contribution in [0.15, 0.2) is 18.2 Å². The van der Waals surface area contributed by atoms with Gasteiger partial charge in [0.05, 0.1) is 0 Å². The van der Waals surface area contributed by atoms with Crippen LogP contribution >= 0.6 is 0 Å². The molecule has 0 aromatic heterocycles. The first-order chi connectivity index (χ1) is 9.52. The number of benzene rings is 1. The molecule has 1 aromatic carbocycles. The van der Waals surface area contributed by atoms with E-state index in [9.17, 15) is 9.50 Å². The van der Waals surface area contributed by atoms with Gasteiger partial charge in [-0.25, -0.2) is 4.39 Å². The summed E-state index contributed by atoms with van der Waals surface area (Å²) >= 11 is 0. The molecule has 1 fully saturated rings. The zero-order chi connectivity index (χ0) is 14.7. The summed E-state index contributed by atoms with van der Waals surface area (Å²) in [5.74, 6) is 0.776. The molecular formula is C17H26FNO. The fraction of sp³-hybridized carbons (Fsp3) is 0.647. The highest BCUT2D eigenvalue weighted by atomic mass is 19.1. The van der Waals surface area contributed by atoms with E-state index in [2.05, 4.69) is 18.9 Å². The van der Waals surface area contributed by atoms with Crippen molar-refractivity contribution in [3.8, 4) is 5.75 Å².